The Kier molecular flexibility index (Phi) is 5.04. The van der Waals surface area contributed by atoms with Gasteiger partial charge in [0.25, 0.3) is 0 Å². The minimum Gasteiger partial charge on any atom is -0.477 e. The number of amides is 1. The van der Waals surface area contributed by atoms with Crippen LogP contribution in [0.25, 0.3) is 0 Å². The fraction of sp³-hybridized carbons (Fsp3) is 0.615. The maximum absolute atomic E-state index is 12.1. The van der Waals surface area contributed by atoms with Gasteiger partial charge in [0.15, 0.2) is 0 Å². The summed E-state index contributed by atoms with van der Waals surface area (Å²) >= 11 is 3.02. The van der Waals surface area contributed by atoms with E-state index in [0.29, 0.717) is 10.7 Å². The van der Waals surface area contributed by atoms with E-state index in [2.05, 4.69) is 10.3 Å². The highest BCUT2D eigenvalue weighted by atomic mass is 32.2. The molecule has 2 rings (SSSR count). The summed E-state index contributed by atoms with van der Waals surface area (Å²) in [5.74, 6) is 1.24. The van der Waals surface area contributed by atoms with Crippen molar-refractivity contribution in [2.45, 2.75) is 32.7 Å². The lowest BCUT2D eigenvalue weighted by atomic mass is 10.0. The van der Waals surface area contributed by atoms with Crippen LogP contribution in [0.3, 0.4) is 0 Å². The Hall–Kier alpha value is -1.08. The van der Waals surface area contributed by atoms with Gasteiger partial charge in [-0.2, -0.15) is 11.8 Å². The molecule has 20 heavy (non-hydrogen) atoms. The molecule has 0 aliphatic carbocycles. The van der Waals surface area contributed by atoms with Gasteiger partial charge in [-0.3, -0.25) is 4.79 Å². The van der Waals surface area contributed by atoms with E-state index < -0.39 is 5.97 Å². The molecule has 7 heteroatoms. The summed E-state index contributed by atoms with van der Waals surface area (Å²) in [7, 11) is 0. The second-order valence-electron chi connectivity index (χ2n) is 4.89. The van der Waals surface area contributed by atoms with Crippen LogP contribution in [0.5, 0.6) is 0 Å². The zero-order valence-corrected chi connectivity index (χ0v) is 13.1. The molecule has 1 aliphatic rings. The molecule has 0 spiro atoms. The monoisotopic (exact) mass is 314 g/mol. The third kappa shape index (κ3) is 3.52. The van der Waals surface area contributed by atoms with Gasteiger partial charge in [0.2, 0.25) is 5.91 Å². The number of thioether (sulfide) groups is 1. The summed E-state index contributed by atoms with van der Waals surface area (Å²) in [5.41, 5.74) is 0.507. The lowest BCUT2D eigenvalue weighted by molar-refractivity contribution is -0.125. The lowest BCUT2D eigenvalue weighted by Gasteiger charge is -2.22. The fourth-order valence-corrected chi connectivity index (χ4v) is 4.17. The van der Waals surface area contributed by atoms with Crippen molar-refractivity contribution < 1.29 is 14.7 Å². The molecule has 1 saturated heterocycles. The number of nitrogens with zero attached hydrogens (tertiary/aromatic N) is 1. The molecule has 110 valence electrons. The van der Waals surface area contributed by atoms with E-state index in [1.54, 1.807) is 6.92 Å². The molecule has 1 aromatic heterocycles. The second kappa shape index (κ2) is 6.58. The first-order valence-electron chi connectivity index (χ1n) is 6.57. The first-order valence-corrected chi connectivity index (χ1v) is 8.55. The molecule has 1 amide bonds. The molecule has 1 atom stereocenters. The highest BCUT2D eigenvalue weighted by molar-refractivity contribution is 7.99. The molecule has 1 aliphatic heterocycles. The lowest BCUT2D eigenvalue weighted by Crippen LogP contribution is -2.34. The van der Waals surface area contributed by atoms with E-state index in [4.69, 9.17) is 5.11 Å². The van der Waals surface area contributed by atoms with E-state index >= 15 is 0 Å². The van der Waals surface area contributed by atoms with Crippen molar-refractivity contribution in [2.24, 2.45) is 5.92 Å². The van der Waals surface area contributed by atoms with Gasteiger partial charge >= 0.3 is 5.97 Å². The van der Waals surface area contributed by atoms with Crippen molar-refractivity contribution >= 4 is 35.0 Å². The van der Waals surface area contributed by atoms with Crippen LogP contribution in [0.15, 0.2) is 0 Å². The number of aromatic nitrogens is 1. The van der Waals surface area contributed by atoms with Crippen molar-refractivity contribution in [1.82, 2.24) is 10.3 Å². The van der Waals surface area contributed by atoms with Gasteiger partial charge in [-0.1, -0.05) is 0 Å². The average Bonchev–Trinajstić information content (AvgIpc) is 2.82. The average molecular weight is 314 g/mol. The van der Waals surface area contributed by atoms with Gasteiger partial charge in [-0.25, -0.2) is 9.78 Å². The van der Waals surface area contributed by atoms with Crippen LogP contribution in [-0.2, 0) is 4.79 Å². The predicted molar refractivity (Wildman–Crippen MR) is 80.4 cm³/mol. The first-order chi connectivity index (χ1) is 9.49. The largest absolute Gasteiger partial charge is 0.477 e. The Bertz CT molecular complexity index is 510. The highest BCUT2D eigenvalue weighted by Gasteiger charge is 2.24. The van der Waals surface area contributed by atoms with Gasteiger partial charge in [0.1, 0.15) is 9.88 Å². The van der Waals surface area contributed by atoms with Gasteiger partial charge in [-0.05, 0) is 38.2 Å². The summed E-state index contributed by atoms with van der Waals surface area (Å²) in [6, 6.07) is -0.242. The topological polar surface area (TPSA) is 79.3 Å². The zero-order valence-electron chi connectivity index (χ0n) is 11.5. The molecule has 5 nitrogen and oxygen atoms in total. The van der Waals surface area contributed by atoms with Gasteiger partial charge in [0, 0.05) is 5.92 Å². The number of aryl methyl sites for hydroxylation is 1. The third-order valence-electron chi connectivity index (χ3n) is 3.33. The quantitative estimate of drug-likeness (QED) is 0.892. The number of carbonyl (C=O) groups is 2. The number of rotatable bonds is 4. The molecule has 1 aromatic rings. The minimum absolute atomic E-state index is 0.0579. The molecular formula is C13H18N2O3S2. The normalized spacial score (nSPS) is 17.7. The zero-order chi connectivity index (χ0) is 14.7. The van der Waals surface area contributed by atoms with E-state index in [0.717, 1.165) is 35.7 Å². The molecule has 0 radical (unpaired) electrons. The molecule has 1 unspecified atom stereocenters. The molecule has 0 aromatic carbocycles. The SMILES string of the molecule is Cc1nc(C(C)NC(=O)C2CCSCC2)sc1C(=O)O. The number of carboxylic acid groups (broad SMARTS) is 1. The van der Waals surface area contributed by atoms with Crippen LogP contribution in [0.1, 0.15) is 46.2 Å². The summed E-state index contributed by atoms with van der Waals surface area (Å²) < 4.78 is 0. The van der Waals surface area contributed by atoms with Crippen LogP contribution in [-0.4, -0.2) is 33.5 Å². The summed E-state index contributed by atoms with van der Waals surface area (Å²) in [6.07, 6.45) is 1.83. The molecule has 2 N–H and O–H groups in total. The Morgan fingerprint density at radius 1 is 1.40 bits per heavy atom. The van der Waals surface area contributed by atoms with E-state index in [9.17, 15) is 9.59 Å². The Morgan fingerprint density at radius 3 is 2.60 bits per heavy atom. The number of hydrogen-bond acceptors (Lipinski definition) is 5. The maximum atomic E-state index is 12.1. The minimum atomic E-state index is -0.964. The third-order valence-corrected chi connectivity index (χ3v) is 5.71. The van der Waals surface area contributed by atoms with Crippen LogP contribution in [0.2, 0.25) is 0 Å². The van der Waals surface area contributed by atoms with Crippen LogP contribution >= 0.6 is 23.1 Å². The summed E-state index contributed by atoms with van der Waals surface area (Å²) in [5, 5.41) is 12.6. The first kappa shape index (κ1) is 15.3. The Morgan fingerprint density at radius 2 is 2.05 bits per heavy atom. The standard InChI is InChI=1S/C13H18N2O3S2/c1-7-10(13(17)18)20-12(15-7)8(2)14-11(16)9-3-5-19-6-4-9/h8-9H,3-6H2,1-2H3,(H,14,16)(H,17,18). The van der Waals surface area contributed by atoms with E-state index in [-0.39, 0.29) is 22.7 Å². The Labute approximate surface area is 126 Å². The van der Waals surface area contributed by atoms with Gasteiger partial charge in [0.05, 0.1) is 11.7 Å². The molecule has 0 saturated carbocycles. The number of carbonyl (C=O) groups excluding carboxylic acids is 1. The van der Waals surface area contributed by atoms with Gasteiger partial charge in [-0.15, -0.1) is 11.3 Å². The van der Waals surface area contributed by atoms with Crippen LogP contribution in [0.4, 0.5) is 0 Å². The maximum Gasteiger partial charge on any atom is 0.347 e. The number of aromatic carboxylic acids is 1. The number of hydrogen-bond donors (Lipinski definition) is 2. The van der Waals surface area contributed by atoms with Gasteiger partial charge < -0.3 is 10.4 Å². The highest BCUT2D eigenvalue weighted by Crippen LogP contribution is 2.26. The summed E-state index contributed by atoms with van der Waals surface area (Å²) in [6.45, 7) is 3.52. The Balaban J connectivity index is 2.00. The molecule has 1 fully saturated rings. The van der Waals surface area contributed by atoms with Crippen molar-refractivity contribution in [3.63, 3.8) is 0 Å². The number of nitrogens with one attached hydrogen (secondary N) is 1. The molecule has 0 bridgehead atoms. The fourth-order valence-electron chi connectivity index (χ4n) is 2.15. The number of carboxylic acids is 1. The van der Waals surface area contributed by atoms with Crippen molar-refractivity contribution in [2.75, 3.05) is 11.5 Å². The van der Waals surface area contributed by atoms with Crippen LogP contribution < -0.4 is 5.32 Å². The van der Waals surface area contributed by atoms with Crippen molar-refractivity contribution in [1.29, 1.82) is 0 Å². The van der Waals surface area contributed by atoms with Crippen molar-refractivity contribution in [3.8, 4) is 0 Å². The van der Waals surface area contributed by atoms with E-state index in [1.807, 2.05) is 18.7 Å². The van der Waals surface area contributed by atoms with E-state index in [1.165, 1.54) is 0 Å². The smallest absolute Gasteiger partial charge is 0.347 e. The van der Waals surface area contributed by atoms with Crippen LogP contribution in [0, 0.1) is 12.8 Å². The molecule has 2 heterocycles. The second-order valence-corrected chi connectivity index (χ2v) is 7.14. The number of thiazole rings is 1. The van der Waals surface area contributed by atoms with Crippen molar-refractivity contribution in [3.05, 3.63) is 15.6 Å². The summed E-state index contributed by atoms with van der Waals surface area (Å²) in [4.78, 5) is 27.6. The molecular weight excluding hydrogens is 296 g/mol. The predicted octanol–water partition coefficient (Wildman–Crippen LogP) is 2.47.